The van der Waals surface area contributed by atoms with Crippen molar-refractivity contribution in [3.05, 3.63) is 99.9 Å². The molecule has 0 aliphatic heterocycles. The second kappa shape index (κ2) is 8.44. The molecule has 0 fully saturated rings. The first-order chi connectivity index (χ1) is 15.7. The minimum absolute atomic E-state index is 0.0553. The maximum Gasteiger partial charge on any atom is 0.269 e. The number of benzene rings is 3. The fourth-order valence-corrected chi connectivity index (χ4v) is 4.16. The summed E-state index contributed by atoms with van der Waals surface area (Å²) in [5, 5.41) is 19.1. The molecule has 0 aliphatic carbocycles. The van der Waals surface area contributed by atoms with Crippen LogP contribution in [0.5, 0.6) is 0 Å². The molecule has 0 spiro atoms. The Morgan fingerprint density at radius 2 is 1.72 bits per heavy atom. The molecular weight excluding hydrogens is 422 g/mol. The quantitative estimate of drug-likeness (QED) is 0.184. The fraction of sp³-hybridized carbons (Fsp3) is 0. The summed E-state index contributed by atoms with van der Waals surface area (Å²) in [7, 11) is 0. The summed E-state index contributed by atoms with van der Waals surface area (Å²) in [6, 6.07) is 24.4. The van der Waals surface area contributed by atoms with Gasteiger partial charge in [-0.25, -0.2) is 4.98 Å². The zero-order valence-electron chi connectivity index (χ0n) is 16.7. The van der Waals surface area contributed by atoms with Gasteiger partial charge in [0.05, 0.1) is 22.5 Å². The van der Waals surface area contributed by atoms with Crippen LogP contribution in [0.25, 0.3) is 33.4 Å². The molecule has 3 aromatic carbocycles. The molecule has 0 aliphatic rings. The first kappa shape index (κ1) is 19.7. The normalized spacial score (nSPS) is 11.2. The number of para-hydroxylation sites is 1. The molecule has 32 heavy (non-hydrogen) atoms. The first-order valence-corrected chi connectivity index (χ1v) is 10.7. The maximum absolute atomic E-state index is 11.0. The summed E-state index contributed by atoms with van der Waals surface area (Å²) in [6.07, 6.45) is 1.75. The number of non-ortho nitro benzene ring substituents is 1. The Bertz CT molecular complexity index is 1420. The van der Waals surface area contributed by atoms with E-state index >= 15 is 0 Å². The molecular formula is C24H17N5O2S. The lowest BCUT2D eigenvalue weighted by Crippen LogP contribution is -1.92. The van der Waals surface area contributed by atoms with E-state index in [-0.39, 0.29) is 5.69 Å². The van der Waals surface area contributed by atoms with Gasteiger partial charge in [0.2, 0.25) is 5.13 Å². The zero-order chi connectivity index (χ0) is 21.9. The predicted molar refractivity (Wildman–Crippen MR) is 129 cm³/mol. The Morgan fingerprint density at radius 3 is 2.50 bits per heavy atom. The van der Waals surface area contributed by atoms with Gasteiger partial charge in [0, 0.05) is 39.5 Å². The van der Waals surface area contributed by atoms with Crippen molar-refractivity contribution in [3.63, 3.8) is 0 Å². The smallest absolute Gasteiger partial charge is 0.269 e. The molecule has 2 heterocycles. The molecule has 0 radical (unpaired) electrons. The standard InChI is InChI=1S/C24H17N5O2S/c30-29(31)18-12-10-17(11-13-18)23-20(19-8-4-5-9-21(19)26-23)14-25-28-24-27-22(15-32-24)16-6-2-1-3-7-16/h1-15,26H,(H,27,28)/b25-14+. The van der Waals surface area contributed by atoms with Crippen LogP contribution < -0.4 is 5.43 Å². The van der Waals surface area contributed by atoms with Crippen LogP contribution in [0.1, 0.15) is 5.56 Å². The highest BCUT2D eigenvalue weighted by Gasteiger charge is 2.13. The number of aromatic nitrogens is 2. The van der Waals surface area contributed by atoms with E-state index in [0.717, 1.165) is 39.0 Å². The highest BCUT2D eigenvalue weighted by atomic mass is 32.1. The molecule has 0 saturated heterocycles. The van der Waals surface area contributed by atoms with Gasteiger partial charge in [0.25, 0.3) is 5.69 Å². The molecule has 0 saturated carbocycles. The summed E-state index contributed by atoms with van der Waals surface area (Å²) < 4.78 is 0. The van der Waals surface area contributed by atoms with Crippen molar-refractivity contribution in [1.29, 1.82) is 0 Å². The Hall–Kier alpha value is -4.30. The lowest BCUT2D eigenvalue weighted by atomic mass is 10.1. The third kappa shape index (κ3) is 3.86. The topological polar surface area (TPSA) is 96.2 Å². The van der Waals surface area contributed by atoms with Crippen molar-refractivity contribution >= 4 is 39.3 Å². The molecule has 7 nitrogen and oxygen atoms in total. The number of thiazole rings is 1. The van der Waals surface area contributed by atoms with Crippen LogP contribution in [-0.2, 0) is 0 Å². The van der Waals surface area contributed by atoms with Crippen molar-refractivity contribution in [3.8, 4) is 22.5 Å². The van der Waals surface area contributed by atoms with Crippen molar-refractivity contribution < 1.29 is 4.92 Å². The number of rotatable bonds is 6. The Morgan fingerprint density at radius 1 is 0.969 bits per heavy atom. The molecule has 156 valence electrons. The van der Waals surface area contributed by atoms with Gasteiger partial charge in [-0.3, -0.25) is 15.5 Å². The average Bonchev–Trinajstić information content (AvgIpc) is 3.45. The second-order valence-electron chi connectivity index (χ2n) is 7.04. The Labute approximate surface area is 187 Å². The fourth-order valence-electron chi connectivity index (χ4n) is 3.49. The number of nitro groups is 1. The van der Waals surface area contributed by atoms with Gasteiger partial charge in [-0.1, -0.05) is 48.5 Å². The van der Waals surface area contributed by atoms with Crippen LogP contribution in [0.15, 0.2) is 89.3 Å². The number of hydrogen-bond donors (Lipinski definition) is 2. The highest BCUT2D eigenvalue weighted by Crippen LogP contribution is 2.30. The number of fused-ring (bicyclic) bond motifs is 1. The van der Waals surface area contributed by atoms with Crippen LogP contribution >= 0.6 is 11.3 Å². The van der Waals surface area contributed by atoms with Crippen molar-refractivity contribution in [2.75, 3.05) is 5.43 Å². The van der Waals surface area contributed by atoms with Gasteiger partial charge in [0.15, 0.2) is 0 Å². The summed E-state index contributed by atoms with van der Waals surface area (Å²) in [6.45, 7) is 0. The Balaban J connectivity index is 1.45. The maximum atomic E-state index is 11.0. The number of aromatic amines is 1. The SMILES string of the molecule is O=[N+]([O-])c1ccc(-c2[nH]c3ccccc3c2/C=N/Nc2nc(-c3ccccc3)cs2)cc1. The molecule has 2 N–H and O–H groups in total. The van der Waals surface area contributed by atoms with E-state index in [0.29, 0.717) is 5.13 Å². The van der Waals surface area contributed by atoms with E-state index in [4.69, 9.17) is 0 Å². The van der Waals surface area contributed by atoms with E-state index in [1.54, 1.807) is 18.3 Å². The van der Waals surface area contributed by atoms with Crippen LogP contribution in [0, 0.1) is 10.1 Å². The molecule has 0 atom stereocenters. The van der Waals surface area contributed by atoms with E-state index in [1.807, 2.05) is 60.0 Å². The molecule has 5 rings (SSSR count). The second-order valence-corrected chi connectivity index (χ2v) is 7.90. The number of hydrazone groups is 1. The van der Waals surface area contributed by atoms with Crippen molar-refractivity contribution in [1.82, 2.24) is 9.97 Å². The lowest BCUT2D eigenvalue weighted by molar-refractivity contribution is -0.384. The van der Waals surface area contributed by atoms with Crippen LogP contribution in [0.4, 0.5) is 10.8 Å². The first-order valence-electron chi connectivity index (χ1n) is 9.84. The number of H-pyrrole nitrogens is 1. The van der Waals surface area contributed by atoms with Gasteiger partial charge in [-0.05, 0) is 23.8 Å². The Kier molecular flexibility index (Phi) is 5.19. The predicted octanol–water partition coefficient (Wildman–Crippen LogP) is 6.31. The van der Waals surface area contributed by atoms with Gasteiger partial charge < -0.3 is 4.98 Å². The zero-order valence-corrected chi connectivity index (χ0v) is 17.5. The molecule has 0 amide bonds. The van der Waals surface area contributed by atoms with E-state index in [9.17, 15) is 10.1 Å². The van der Waals surface area contributed by atoms with Gasteiger partial charge in [-0.15, -0.1) is 11.3 Å². The molecule has 8 heteroatoms. The van der Waals surface area contributed by atoms with Crippen molar-refractivity contribution in [2.45, 2.75) is 0 Å². The minimum Gasteiger partial charge on any atom is -0.354 e. The molecule has 2 aromatic heterocycles. The summed E-state index contributed by atoms with van der Waals surface area (Å²) in [5.41, 5.74) is 8.55. The van der Waals surface area contributed by atoms with Crippen LogP contribution in [0.3, 0.4) is 0 Å². The third-order valence-corrected chi connectivity index (χ3v) is 5.79. The summed E-state index contributed by atoms with van der Waals surface area (Å²) in [5.74, 6) is 0. The third-order valence-electron chi connectivity index (χ3n) is 5.04. The van der Waals surface area contributed by atoms with E-state index in [1.165, 1.54) is 23.5 Å². The summed E-state index contributed by atoms with van der Waals surface area (Å²) >= 11 is 1.48. The van der Waals surface area contributed by atoms with Gasteiger partial charge >= 0.3 is 0 Å². The van der Waals surface area contributed by atoms with Crippen LogP contribution in [-0.4, -0.2) is 21.1 Å². The number of anilines is 1. The van der Waals surface area contributed by atoms with E-state index < -0.39 is 4.92 Å². The van der Waals surface area contributed by atoms with Crippen molar-refractivity contribution in [2.24, 2.45) is 5.10 Å². The number of nitro benzene ring substituents is 1. The largest absolute Gasteiger partial charge is 0.354 e. The average molecular weight is 440 g/mol. The van der Waals surface area contributed by atoms with Gasteiger partial charge in [-0.2, -0.15) is 5.10 Å². The highest BCUT2D eigenvalue weighted by molar-refractivity contribution is 7.14. The van der Waals surface area contributed by atoms with E-state index in [2.05, 4.69) is 20.5 Å². The molecule has 0 unspecified atom stereocenters. The number of nitrogens with zero attached hydrogens (tertiary/aromatic N) is 3. The monoisotopic (exact) mass is 439 g/mol. The van der Waals surface area contributed by atoms with Gasteiger partial charge in [0.1, 0.15) is 0 Å². The van der Waals surface area contributed by atoms with Crippen LogP contribution in [0.2, 0.25) is 0 Å². The number of nitrogens with one attached hydrogen (secondary N) is 2. The molecule has 5 aromatic rings. The minimum atomic E-state index is -0.404. The number of hydrogen-bond acceptors (Lipinski definition) is 6. The molecule has 0 bridgehead atoms. The summed E-state index contributed by atoms with van der Waals surface area (Å²) in [4.78, 5) is 18.6. The lowest BCUT2D eigenvalue weighted by Gasteiger charge is -2.01.